The predicted octanol–water partition coefficient (Wildman–Crippen LogP) is 14.5. The zero-order valence-electron chi connectivity index (χ0n) is 34.1. The molecule has 0 aliphatic rings. The summed E-state index contributed by atoms with van der Waals surface area (Å²) in [5.41, 5.74) is 13.6. The highest BCUT2D eigenvalue weighted by molar-refractivity contribution is 6.16. The molecule has 0 N–H and O–H groups in total. The van der Waals surface area contributed by atoms with Crippen LogP contribution in [0.5, 0.6) is 0 Å². The Balaban J connectivity index is 1.01. The van der Waals surface area contributed by atoms with Gasteiger partial charge in [0.2, 0.25) is 17.7 Å². The lowest BCUT2D eigenvalue weighted by Gasteiger charge is -2.12. The van der Waals surface area contributed by atoms with E-state index in [4.69, 9.17) is 23.3 Å². The Kier molecular flexibility index (Phi) is 7.27. The zero-order valence-corrected chi connectivity index (χ0v) is 34.1. The normalized spacial score (nSPS) is 12.1. The van der Waals surface area contributed by atoms with E-state index < -0.39 is 0 Å². The van der Waals surface area contributed by atoms with E-state index >= 15 is 0 Å². The summed E-state index contributed by atoms with van der Waals surface area (Å²) in [5, 5.41) is 13.8. The molecule has 5 heterocycles. The van der Waals surface area contributed by atoms with Crippen LogP contribution in [0.3, 0.4) is 0 Å². The minimum atomic E-state index is 0.591. The Labute approximate surface area is 364 Å². The van der Waals surface area contributed by atoms with Crippen LogP contribution in [0.1, 0.15) is 0 Å². The van der Waals surface area contributed by atoms with E-state index in [0.717, 1.165) is 116 Å². The van der Waals surface area contributed by atoms with E-state index in [2.05, 4.69) is 126 Å². The molecule has 0 spiro atoms. The number of hydrogen-bond acceptors (Lipinski definition) is 5. The molecule has 0 unspecified atom stereocenters. The third-order valence-corrected chi connectivity index (χ3v) is 12.7. The molecule has 0 atom stereocenters. The van der Waals surface area contributed by atoms with Gasteiger partial charge in [-0.1, -0.05) is 127 Å². The highest BCUT2D eigenvalue weighted by atomic mass is 16.3. The van der Waals surface area contributed by atoms with E-state index in [9.17, 15) is 0 Å². The van der Waals surface area contributed by atoms with Gasteiger partial charge in [0.05, 0.1) is 16.7 Å². The van der Waals surface area contributed by atoms with Crippen LogP contribution in [-0.2, 0) is 0 Å². The summed E-state index contributed by atoms with van der Waals surface area (Å²) in [7, 11) is 0. The number of hydrogen-bond donors (Lipinski definition) is 0. The third kappa shape index (κ3) is 5.12. The van der Waals surface area contributed by atoms with Crippen LogP contribution in [0, 0.1) is 0 Å². The van der Waals surface area contributed by atoms with Crippen molar-refractivity contribution in [3.63, 3.8) is 0 Å². The number of para-hydroxylation sites is 5. The van der Waals surface area contributed by atoms with E-state index in [1.165, 1.54) is 10.8 Å². The molecule has 14 aromatic rings. The second-order valence-electron chi connectivity index (χ2n) is 16.3. The molecule has 7 heteroatoms. The summed E-state index contributed by atoms with van der Waals surface area (Å²) in [5.74, 6) is 0.591. The van der Waals surface area contributed by atoms with Crippen LogP contribution in [0.2, 0.25) is 0 Å². The van der Waals surface area contributed by atoms with Gasteiger partial charge >= 0.3 is 0 Å². The van der Waals surface area contributed by atoms with Crippen molar-refractivity contribution in [2.75, 3.05) is 0 Å². The molecule has 0 saturated heterocycles. The SMILES string of the molecule is c1ccc(-c2nc(-c3cccc4c3oc3ccccc34)c[n+](-c3cccc4oc5ccc(-c6cc(-n7c8ccccc8c8ccccc87)cc7oc8ccccc8c67)cc5c34)n2)cc1. The van der Waals surface area contributed by atoms with Crippen LogP contribution in [-0.4, -0.2) is 14.6 Å². The molecule has 0 aliphatic carbocycles. The van der Waals surface area contributed by atoms with Crippen molar-refractivity contribution in [2.45, 2.75) is 0 Å². The Hall–Kier alpha value is -8.81. The molecular weight excluding hydrogens is 789 g/mol. The molecule has 0 saturated carbocycles. The minimum absolute atomic E-state index is 0.591. The summed E-state index contributed by atoms with van der Waals surface area (Å²) in [6.07, 6.45) is 2.00. The topological polar surface area (TPSA) is 74.0 Å². The zero-order chi connectivity index (χ0) is 41.9. The van der Waals surface area contributed by atoms with Crippen LogP contribution in [0.15, 0.2) is 214 Å². The molecule has 0 aliphatic heterocycles. The third-order valence-electron chi connectivity index (χ3n) is 12.7. The van der Waals surface area contributed by atoms with Gasteiger partial charge < -0.3 is 17.8 Å². The highest BCUT2D eigenvalue weighted by Crippen LogP contribution is 2.43. The van der Waals surface area contributed by atoms with E-state index in [-0.39, 0.29) is 0 Å². The lowest BCUT2D eigenvalue weighted by Crippen LogP contribution is -2.36. The van der Waals surface area contributed by atoms with Crippen molar-refractivity contribution < 1.29 is 17.9 Å². The first-order chi connectivity index (χ1) is 31.7. The first-order valence-electron chi connectivity index (χ1n) is 21.4. The molecular formula is C57H33N4O3+. The van der Waals surface area contributed by atoms with Gasteiger partial charge in [-0.25, -0.2) is 4.98 Å². The molecule has 14 rings (SSSR count). The predicted molar refractivity (Wildman–Crippen MR) is 256 cm³/mol. The number of nitrogens with zero attached hydrogens (tertiary/aromatic N) is 4. The molecule has 0 fully saturated rings. The molecule has 0 radical (unpaired) electrons. The van der Waals surface area contributed by atoms with E-state index in [1.807, 2.05) is 83.7 Å². The van der Waals surface area contributed by atoms with Crippen LogP contribution < -0.4 is 4.68 Å². The summed E-state index contributed by atoms with van der Waals surface area (Å²) in [4.78, 5) is 5.19. The Morgan fingerprint density at radius 2 is 1.05 bits per heavy atom. The lowest BCUT2D eigenvalue weighted by molar-refractivity contribution is -0.657. The van der Waals surface area contributed by atoms with Crippen molar-refractivity contribution >= 4 is 87.6 Å². The average molecular weight is 822 g/mol. The van der Waals surface area contributed by atoms with Crippen LogP contribution in [0.4, 0.5) is 0 Å². The first kappa shape index (κ1) is 34.9. The number of benzene rings is 9. The Morgan fingerprint density at radius 3 is 1.86 bits per heavy atom. The molecule has 0 bridgehead atoms. The fraction of sp³-hybridized carbons (Fsp3) is 0. The summed E-state index contributed by atoms with van der Waals surface area (Å²) in [6, 6.07) is 67.1. The van der Waals surface area contributed by atoms with Crippen LogP contribution >= 0.6 is 0 Å². The number of furan rings is 3. The molecule has 5 aromatic heterocycles. The number of rotatable bonds is 5. The van der Waals surface area contributed by atoms with Gasteiger partial charge in [0.25, 0.3) is 0 Å². The second-order valence-corrected chi connectivity index (χ2v) is 16.3. The fourth-order valence-corrected chi connectivity index (χ4v) is 9.89. The van der Waals surface area contributed by atoms with Gasteiger partial charge in [0.1, 0.15) is 44.6 Å². The van der Waals surface area contributed by atoms with Crippen molar-refractivity contribution in [1.29, 1.82) is 0 Å². The minimum Gasteiger partial charge on any atom is -0.456 e. The van der Waals surface area contributed by atoms with Gasteiger partial charge in [0.15, 0.2) is 0 Å². The lowest BCUT2D eigenvalue weighted by atomic mass is 9.97. The fourth-order valence-electron chi connectivity index (χ4n) is 9.89. The maximum absolute atomic E-state index is 6.68. The maximum atomic E-state index is 6.68. The highest BCUT2D eigenvalue weighted by Gasteiger charge is 2.26. The maximum Gasteiger partial charge on any atom is 0.249 e. The summed E-state index contributed by atoms with van der Waals surface area (Å²) >= 11 is 0. The number of fused-ring (bicyclic) bond motifs is 12. The van der Waals surface area contributed by atoms with Crippen LogP contribution in [0.25, 0.3) is 133 Å². The van der Waals surface area contributed by atoms with Crippen molar-refractivity contribution in [3.05, 3.63) is 200 Å². The summed E-state index contributed by atoms with van der Waals surface area (Å²) < 4.78 is 24.2. The standard InChI is InChI=1S/C57H33N4O3/c1-2-14-34(15-3-1)57-58-45(41-21-12-20-40-39-18-6-10-25-49(39)64-56(40)41)33-60(59-57)48-24-13-27-52-55(48)44-30-35(28-29-51(44)62-52)43-31-36(32-53-54(43)42-19-7-11-26-50(42)63-53)61-46-22-8-4-16-37(46)38-17-5-9-23-47(38)61/h1-33H/q+1. The molecule has 7 nitrogen and oxygen atoms in total. The average Bonchev–Trinajstić information content (AvgIpc) is 4.12. The van der Waals surface area contributed by atoms with Crippen molar-refractivity contribution in [1.82, 2.24) is 14.6 Å². The van der Waals surface area contributed by atoms with Crippen molar-refractivity contribution in [2.24, 2.45) is 0 Å². The van der Waals surface area contributed by atoms with E-state index in [1.54, 1.807) is 0 Å². The molecule has 64 heavy (non-hydrogen) atoms. The second kappa shape index (κ2) is 13.3. The van der Waals surface area contributed by atoms with Gasteiger partial charge in [-0.3, -0.25) is 0 Å². The van der Waals surface area contributed by atoms with Gasteiger partial charge in [0, 0.05) is 66.1 Å². The monoisotopic (exact) mass is 821 g/mol. The molecule has 0 amide bonds. The van der Waals surface area contributed by atoms with E-state index in [0.29, 0.717) is 5.82 Å². The largest absolute Gasteiger partial charge is 0.456 e. The van der Waals surface area contributed by atoms with Gasteiger partial charge in [-0.05, 0) is 70.4 Å². The molecule has 9 aromatic carbocycles. The quantitative estimate of drug-likeness (QED) is 0.162. The first-order valence-corrected chi connectivity index (χ1v) is 21.4. The molecule has 298 valence electrons. The summed E-state index contributed by atoms with van der Waals surface area (Å²) in [6.45, 7) is 0. The van der Waals surface area contributed by atoms with Gasteiger partial charge in [-0.2, -0.15) is 0 Å². The Morgan fingerprint density at radius 1 is 0.406 bits per heavy atom. The van der Waals surface area contributed by atoms with Crippen molar-refractivity contribution in [3.8, 4) is 45.1 Å². The number of aromatic nitrogens is 4. The smallest absolute Gasteiger partial charge is 0.249 e. The van der Waals surface area contributed by atoms with Gasteiger partial charge in [-0.15, -0.1) is 0 Å². The Bertz CT molecular complexity index is 4160.